The van der Waals surface area contributed by atoms with Crippen molar-refractivity contribution in [3.63, 3.8) is 0 Å². The van der Waals surface area contributed by atoms with Gasteiger partial charge in [0.25, 0.3) is 5.91 Å². The summed E-state index contributed by atoms with van der Waals surface area (Å²) in [5.41, 5.74) is 0.651. The first kappa shape index (κ1) is 12.7. The minimum atomic E-state index is -1.33. The summed E-state index contributed by atoms with van der Waals surface area (Å²) in [4.78, 5) is 21.7. The van der Waals surface area contributed by atoms with E-state index in [1.54, 1.807) is 24.3 Å². The number of rotatable bonds is 3. The van der Waals surface area contributed by atoms with E-state index in [0.29, 0.717) is 5.56 Å². The van der Waals surface area contributed by atoms with Crippen LogP contribution in [0.25, 0.3) is 0 Å². The summed E-state index contributed by atoms with van der Waals surface area (Å²) in [5.74, 6) is 2.78. The van der Waals surface area contributed by atoms with E-state index in [1.807, 2.05) is 6.07 Å². The number of aliphatic hydroxyl groups is 1. The Morgan fingerprint density at radius 1 is 1.29 bits per heavy atom. The number of hydrogen-bond donors (Lipinski definition) is 3. The molecule has 1 amide bonds. The van der Waals surface area contributed by atoms with Crippen molar-refractivity contribution >= 4 is 11.9 Å². The molecule has 1 aromatic rings. The Hall–Kier alpha value is -2.32. The highest BCUT2D eigenvalue weighted by atomic mass is 16.4. The Labute approximate surface area is 98.1 Å². The first-order valence-electron chi connectivity index (χ1n) is 4.84. The highest BCUT2D eigenvalue weighted by Gasteiger charge is 2.17. The number of amides is 1. The Kier molecular flexibility index (Phi) is 4.73. The zero-order chi connectivity index (χ0) is 12.7. The van der Waals surface area contributed by atoms with Gasteiger partial charge in [-0.3, -0.25) is 4.79 Å². The monoisotopic (exact) mass is 233 g/mol. The molecule has 0 radical (unpaired) electrons. The van der Waals surface area contributed by atoms with Crippen molar-refractivity contribution in [3.8, 4) is 11.8 Å². The molecule has 0 heterocycles. The van der Waals surface area contributed by atoms with Crippen molar-refractivity contribution in [2.75, 3.05) is 6.61 Å². The largest absolute Gasteiger partial charge is 0.480 e. The molecule has 0 fully saturated rings. The summed E-state index contributed by atoms with van der Waals surface area (Å²) in [6, 6.07) is 7.48. The van der Waals surface area contributed by atoms with Crippen LogP contribution in [0.3, 0.4) is 0 Å². The molecule has 5 heteroatoms. The van der Waals surface area contributed by atoms with Crippen molar-refractivity contribution in [2.45, 2.75) is 6.04 Å². The van der Waals surface area contributed by atoms with Gasteiger partial charge in [0.1, 0.15) is 0 Å². The minimum absolute atomic E-state index is 0.651. The summed E-state index contributed by atoms with van der Waals surface area (Å²) >= 11 is 0. The molecule has 0 saturated carbocycles. The molecule has 0 bridgehead atoms. The van der Waals surface area contributed by atoms with Gasteiger partial charge in [-0.15, -0.1) is 0 Å². The minimum Gasteiger partial charge on any atom is -0.480 e. The molecule has 0 spiro atoms. The highest BCUT2D eigenvalue weighted by molar-refractivity contribution is 5.96. The zero-order valence-electron chi connectivity index (χ0n) is 8.88. The van der Waals surface area contributed by atoms with Crippen LogP contribution in [0.5, 0.6) is 0 Å². The highest BCUT2D eigenvalue weighted by Crippen LogP contribution is 1.94. The van der Waals surface area contributed by atoms with Gasteiger partial charge in [-0.25, -0.2) is 4.79 Å². The Bertz CT molecular complexity index is 458. The summed E-state index contributed by atoms with van der Waals surface area (Å²) in [6.07, 6.45) is 0. The van der Waals surface area contributed by atoms with Gasteiger partial charge < -0.3 is 15.5 Å². The van der Waals surface area contributed by atoms with Crippen LogP contribution in [0.2, 0.25) is 0 Å². The molecule has 0 aromatic heterocycles. The van der Waals surface area contributed by atoms with Crippen LogP contribution in [0.15, 0.2) is 30.3 Å². The molecule has 1 atom stereocenters. The van der Waals surface area contributed by atoms with Crippen molar-refractivity contribution in [1.29, 1.82) is 0 Å². The lowest BCUT2D eigenvalue weighted by molar-refractivity contribution is -0.142. The first-order chi connectivity index (χ1) is 8.13. The molecule has 0 saturated heterocycles. The standard InChI is InChI=1S/C12H11NO4/c14-8-10(12(16)17)13-11(15)7-6-9-4-2-1-3-5-9/h1-5,10,14H,8H2,(H,13,15)(H,16,17)/t10-/m0/s1. The van der Waals surface area contributed by atoms with E-state index in [9.17, 15) is 9.59 Å². The van der Waals surface area contributed by atoms with Gasteiger partial charge in [-0.05, 0) is 12.1 Å². The van der Waals surface area contributed by atoms with Crippen LogP contribution >= 0.6 is 0 Å². The molecule has 0 aliphatic heterocycles. The van der Waals surface area contributed by atoms with Gasteiger partial charge in [0.2, 0.25) is 0 Å². The fourth-order valence-corrected chi connectivity index (χ4v) is 1.03. The Morgan fingerprint density at radius 3 is 2.47 bits per heavy atom. The smallest absolute Gasteiger partial charge is 0.328 e. The zero-order valence-corrected chi connectivity index (χ0v) is 8.88. The van der Waals surface area contributed by atoms with E-state index in [2.05, 4.69) is 17.2 Å². The summed E-state index contributed by atoms with van der Waals surface area (Å²) in [5, 5.41) is 19.3. The van der Waals surface area contributed by atoms with Gasteiger partial charge in [0.05, 0.1) is 6.61 Å². The topological polar surface area (TPSA) is 86.6 Å². The number of nitrogens with one attached hydrogen (secondary N) is 1. The molecule has 17 heavy (non-hydrogen) atoms. The van der Waals surface area contributed by atoms with Crippen molar-refractivity contribution < 1.29 is 19.8 Å². The molecule has 0 aliphatic rings. The predicted octanol–water partition coefficient (Wildman–Crippen LogP) is -0.400. The number of carboxylic acid groups (broad SMARTS) is 1. The normalized spacial score (nSPS) is 10.9. The number of carbonyl (C=O) groups excluding carboxylic acids is 1. The number of aliphatic carboxylic acids is 1. The van der Waals surface area contributed by atoms with Gasteiger partial charge >= 0.3 is 5.97 Å². The second kappa shape index (κ2) is 6.30. The molecular weight excluding hydrogens is 222 g/mol. The predicted molar refractivity (Wildman–Crippen MR) is 60.0 cm³/mol. The molecule has 1 rings (SSSR count). The molecule has 5 nitrogen and oxygen atoms in total. The number of benzene rings is 1. The molecular formula is C12H11NO4. The molecule has 88 valence electrons. The van der Waals surface area contributed by atoms with E-state index in [0.717, 1.165) is 0 Å². The summed E-state index contributed by atoms with van der Waals surface area (Å²) in [7, 11) is 0. The van der Waals surface area contributed by atoms with Gasteiger partial charge in [0.15, 0.2) is 6.04 Å². The fourth-order valence-electron chi connectivity index (χ4n) is 1.03. The van der Waals surface area contributed by atoms with Crippen molar-refractivity contribution in [2.24, 2.45) is 0 Å². The third-order valence-electron chi connectivity index (χ3n) is 1.88. The van der Waals surface area contributed by atoms with Crippen molar-refractivity contribution in [1.82, 2.24) is 5.32 Å². The maximum Gasteiger partial charge on any atom is 0.328 e. The quantitative estimate of drug-likeness (QED) is 0.620. The van der Waals surface area contributed by atoms with E-state index < -0.39 is 24.5 Å². The summed E-state index contributed by atoms with van der Waals surface area (Å²) in [6.45, 7) is -0.673. The van der Waals surface area contributed by atoms with E-state index in [4.69, 9.17) is 10.2 Å². The van der Waals surface area contributed by atoms with Crippen LogP contribution in [0.1, 0.15) is 5.56 Å². The molecule has 1 aromatic carbocycles. The lowest BCUT2D eigenvalue weighted by Gasteiger charge is -2.07. The Balaban J connectivity index is 2.62. The molecule has 0 aliphatic carbocycles. The van der Waals surface area contributed by atoms with Crippen LogP contribution in [0, 0.1) is 11.8 Å². The first-order valence-corrected chi connectivity index (χ1v) is 4.84. The lowest BCUT2D eigenvalue weighted by Crippen LogP contribution is -2.42. The van der Waals surface area contributed by atoms with Crippen molar-refractivity contribution in [3.05, 3.63) is 35.9 Å². The van der Waals surface area contributed by atoms with Crippen LogP contribution < -0.4 is 5.32 Å². The van der Waals surface area contributed by atoms with Gasteiger partial charge in [-0.1, -0.05) is 24.1 Å². The van der Waals surface area contributed by atoms with Gasteiger partial charge in [-0.2, -0.15) is 0 Å². The lowest BCUT2D eigenvalue weighted by atomic mass is 10.2. The van der Waals surface area contributed by atoms with Crippen LogP contribution in [-0.4, -0.2) is 34.7 Å². The van der Waals surface area contributed by atoms with Crippen LogP contribution in [0.4, 0.5) is 0 Å². The van der Waals surface area contributed by atoms with Crippen LogP contribution in [-0.2, 0) is 9.59 Å². The number of aliphatic hydroxyl groups excluding tert-OH is 1. The number of carboxylic acids is 1. The average Bonchev–Trinajstić information content (AvgIpc) is 2.34. The fraction of sp³-hybridized carbons (Fsp3) is 0.167. The maximum absolute atomic E-state index is 11.2. The SMILES string of the molecule is O=C(C#Cc1ccccc1)N[C@@H](CO)C(=O)O. The average molecular weight is 233 g/mol. The second-order valence-corrected chi connectivity index (χ2v) is 3.16. The Morgan fingerprint density at radius 2 is 1.94 bits per heavy atom. The maximum atomic E-state index is 11.2. The number of hydrogen-bond acceptors (Lipinski definition) is 3. The van der Waals surface area contributed by atoms with E-state index in [-0.39, 0.29) is 0 Å². The summed E-state index contributed by atoms with van der Waals surface area (Å²) < 4.78 is 0. The third kappa shape index (κ3) is 4.36. The van der Waals surface area contributed by atoms with Gasteiger partial charge in [0, 0.05) is 11.5 Å². The molecule has 3 N–H and O–H groups in total. The third-order valence-corrected chi connectivity index (χ3v) is 1.88. The molecule has 0 unspecified atom stereocenters. The number of carbonyl (C=O) groups is 2. The van der Waals surface area contributed by atoms with E-state index in [1.165, 1.54) is 0 Å². The van der Waals surface area contributed by atoms with E-state index >= 15 is 0 Å². The second-order valence-electron chi connectivity index (χ2n) is 3.16.